The van der Waals surface area contributed by atoms with Crippen molar-refractivity contribution < 1.29 is 22.6 Å². The van der Waals surface area contributed by atoms with E-state index in [-0.39, 0.29) is 34.9 Å². The van der Waals surface area contributed by atoms with Gasteiger partial charge in [0.25, 0.3) is 0 Å². The number of hydrogen-bond donors (Lipinski definition) is 0. The van der Waals surface area contributed by atoms with Crippen molar-refractivity contribution in [1.29, 1.82) is 0 Å². The van der Waals surface area contributed by atoms with E-state index in [1.54, 1.807) is 55.7 Å². The summed E-state index contributed by atoms with van der Waals surface area (Å²) in [5, 5.41) is 0. The predicted molar refractivity (Wildman–Crippen MR) is 127 cm³/mol. The fourth-order valence-corrected chi connectivity index (χ4v) is 4.86. The molecule has 0 radical (unpaired) electrons. The first-order valence-corrected chi connectivity index (χ1v) is 11.7. The molecule has 1 heterocycles. The molecule has 0 aromatic heterocycles. The average molecular weight is 465 g/mol. The third-order valence-corrected chi connectivity index (χ3v) is 7.00. The van der Waals surface area contributed by atoms with Crippen molar-refractivity contribution in [2.75, 3.05) is 13.7 Å². The number of epoxide rings is 1. The molecule has 5 rings (SSSR count). The van der Waals surface area contributed by atoms with Crippen molar-refractivity contribution in [2.45, 2.75) is 37.7 Å². The second-order valence-electron chi connectivity index (χ2n) is 9.13. The van der Waals surface area contributed by atoms with Crippen LogP contribution in [0.2, 0.25) is 0 Å². The maximum atomic E-state index is 14.8. The molecule has 1 aliphatic heterocycles. The highest BCUT2D eigenvalue weighted by atomic mass is 19.2. The minimum Gasteiger partial charge on any atom is -0.497 e. The van der Waals surface area contributed by atoms with Crippen LogP contribution in [-0.2, 0) is 4.74 Å². The van der Waals surface area contributed by atoms with Crippen LogP contribution >= 0.6 is 0 Å². The first-order valence-electron chi connectivity index (χ1n) is 11.7. The monoisotopic (exact) mass is 464 g/mol. The van der Waals surface area contributed by atoms with Crippen molar-refractivity contribution >= 4 is 6.08 Å². The second kappa shape index (κ2) is 9.67. The van der Waals surface area contributed by atoms with Crippen LogP contribution in [0, 0.1) is 23.4 Å². The Morgan fingerprint density at radius 3 is 2.26 bits per heavy atom. The van der Waals surface area contributed by atoms with Crippen molar-refractivity contribution in [3.8, 4) is 16.9 Å². The lowest BCUT2D eigenvalue weighted by molar-refractivity contribution is 0.368. The summed E-state index contributed by atoms with van der Waals surface area (Å²) in [5.41, 5.74) is 2.73. The molecule has 2 fully saturated rings. The number of hydrogen-bond acceptors (Lipinski definition) is 2. The molecular formula is C29H27F3O2. The van der Waals surface area contributed by atoms with Crippen molar-refractivity contribution in [1.82, 2.24) is 0 Å². The molecule has 2 nitrogen and oxygen atoms in total. The second-order valence-corrected chi connectivity index (χ2v) is 9.13. The van der Waals surface area contributed by atoms with Gasteiger partial charge < -0.3 is 9.47 Å². The van der Waals surface area contributed by atoms with Crippen LogP contribution in [-0.4, -0.2) is 13.7 Å². The summed E-state index contributed by atoms with van der Waals surface area (Å²) in [4.78, 5) is 0. The third-order valence-electron chi connectivity index (χ3n) is 7.00. The number of benzene rings is 3. The molecule has 1 unspecified atom stereocenters. The van der Waals surface area contributed by atoms with E-state index in [4.69, 9.17) is 9.47 Å². The highest BCUT2D eigenvalue weighted by molar-refractivity contribution is 5.67. The van der Waals surface area contributed by atoms with Crippen molar-refractivity contribution in [2.24, 2.45) is 5.92 Å². The standard InChI is InChI=1S/C29H27F3O2/c1-33-23-12-8-20(9-13-23)25-15-10-21(28(31)29(25)32)7-4-18-2-5-19(6-3-18)24-14-11-22(16-26(24)30)27-17-34-27/h4,7-16,18-19,27H,2-3,5-6,17H2,1H3/b7-4+. The van der Waals surface area contributed by atoms with Gasteiger partial charge in [-0.3, -0.25) is 0 Å². The maximum Gasteiger partial charge on any atom is 0.167 e. The summed E-state index contributed by atoms with van der Waals surface area (Å²) in [5.74, 6) is -0.737. The molecule has 0 spiro atoms. The van der Waals surface area contributed by atoms with Crippen LogP contribution in [0.25, 0.3) is 17.2 Å². The lowest BCUT2D eigenvalue weighted by Crippen LogP contribution is -2.13. The molecule has 0 N–H and O–H groups in total. The molecule has 5 heteroatoms. The highest BCUT2D eigenvalue weighted by Gasteiger charge is 2.28. The highest BCUT2D eigenvalue weighted by Crippen LogP contribution is 2.39. The Balaban J connectivity index is 1.23. The van der Waals surface area contributed by atoms with E-state index in [2.05, 4.69) is 0 Å². The van der Waals surface area contributed by atoms with E-state index in [9.17, 15) is 13.2 Å². The smallest absolute Gasteiger partial charge is 0.167 e. The van der Waals surface area contributed by atoms with Gasteiger partial charge in [-0.2, -0.15) is 0 Å². The van der Waals surface area contributed by atoms with Crippen LogP contribution in [0.5, 0.6) is 5.75 Å². The normalized spacial score (nSPS) is 22.2. The van der Waals surface area contributed by atoms with E-state index < -0.39 is 11.6 Å². The van der Waals surface area contributed by atoms with E-state index in [0.29, 0.717) is 17.9 Å². The Morgan fingerprint density at radius 2 is 1.62 bits per heavy atom. The molecule has 1 aliphatic carbocycles. The fourth-order valence-electron chi connectivity index (χ4n) is 4.86. The minimum absolute atomic E-state index is 0.0555. The van der Waals surface area contributed by atoms with Gasteiger partial charge >= 0.3 is 0 Å². The molecule has 0 bridgehead atoms. The summed E-state index contributed by atoms with van der Waals surface area (Å²) in [6.45, 7) is 0.672. The Hall–Kier alpha value is -3.05. The molecule has 1 saturated heterocycles. The van der Waals surface area contributed by atoms with E-state index in [0.717, 1.165) is 36.8 Å². The third kappa shape index (κ3) is 4.76. The molecule has 3 aromatic carbocycles. The zero-order chi connectivity index (χ0) is 23.7. The van der Waals surface area contributed by atoms with Gasteiger partial charge in [0.05, 0.1) is 13.7 Å². The molecule has 1 atom stereocenters. The molecular weight excluding hydrogens is 437 g/mol. The summed E-state index contributed by atoms with van der Waals surface area (Å²) in [6.07, 6.45) is 7.22. The molecule has 176 valence electrons. The topological polar surface area (TPSA) is 21.8 Å². The number of allylic oxidation sites excluding steroid dienone is 1. The van der Waals surface area contributed by atoms with Crippen LogP contribution in [0.1, 0.15) is 54.4 Å². The van der Waals surface area contributed by atoms with E-state index in [1.165, 1.54) is 0 Å². The van der Waals surface area contributed by atoms with Gasteiger partial charge in [-0.05, 0) is 72.4 Å². The molecule has 1 saturated carbocycles. The average Bonchev–Trinajstić information content (AvgIpc) is 3.71. The number of halogens is 3. The minimum atomic E-state index is -0.855. The SMILES string of the molecule is COc1ccc(-c2ccc(/C=C/C3CCC(c4ccc(C5CO5)cc4F)CC3)c(F)c2F)cc1. The molecule has 3 aromatic rings. The molecule has 0 amide bonds. The van der Waals surface area contributed by atoms with Gasteiger partial charge in [0.1, 0.15) is 17.7 Å². The summed E-state index contributed by atoms with van der Waals surface area (Å²) in [7, 11) is 1.56. The predicted octanol–water partition coefficient (Wildman–Crippen LogP) is 7.84. The molecule has 2 aliphatic rings. The number of rotatable bonds is 6. The Morgan fingerprint density at radius 1 is 0.882 bits per heavy atom. The van der Waals surface area contributed by atoms with Crippen LogP contribution in [0.4, 0.5) is 13.2 Å². The zero-order valence-corrected chi connectivity index (χ0v) is 19.1. The summed E-state index contributed by atoms with van der Waals surface area (Å²) >= 11 is 0. The van der Waals surface area contributed by atoms with Crippen LogP contribution < -0.4 is 4.74 Å². The van der Waals surface area contributed by atoms with Crippen molar-refractivity contribution in [3.63, 3.8) is 0 Å². The van der Waals surface area contributed by atoms with Crippen molar-refractivity contribution in [3.05, 3.63) is 94.8 Å². The Labute approximate surface area is 198 Å². The lowest BCUT2D eigenvalue weighted by Gasteiger charge is -2.27. The lowest BCUT2D eigenvalue weighted by atomic mass is 9.78. The quantitative estimate of drug-likeness (QED) is 0.347. The Kier molecular flexibility index (Phi) is 6.46. The Bertz CT molecular complexity index is 1190. The van der Waals surface area contributed by atoms with Gasteiger partial charge in [-0.25, -0.2) is 13.2 Å². The maximum absolute atomic E-state index is 14.8. The fraction of sp³-hybridized carbons (Fsp3) is 0.310. The van der Waals surface area contributed by atoms with Crippen LogP contribution in [0.3, 0.4) is 0 Å². The van der Waals surface area contributed by atoms with Crippen LogP contribution in [0.15, 0.2) is 60.7 Å². The van der Waals surface area contributed by atoms with Gasteiger partial charge in [0, 0.05) is 11.1 Å². The summed E-state index contributed by atoms with van der Waals surface area (Å²) < 4.78 is 54.5. The largest absolute Gasteiger partial charge is 0.497 e. The van der Waals surface area contributed by atoms with E-state index in [1.807, 2.05) is 18.2 Å². The van der Waals surface area contributed by atoms with Gasteiger partial charge in [0.2, 0.25) is 0 Å². The summed E-state index contributed by atoms with van der Waals surface area (Å²) in [6, 6.07) is 15.5. The molecule has 34 heavy (non-hydrogen) atoms. The van der Waals surface area contributed by atoms with Gasteiger partial charge in [-0.1, -0.05) is 48.6 Å². The van der Waals surface area contributed by atoms with Gasteiger partial charge in [0.15, 0.2) is 11.6 Å². The first kappa shape index (κ1) is 22.7. The number of methoxy groups -OCH3 is 1. The van der Waals surface area contributed by atoms with E-state index >= 15 is 0 Å². The van der Waals surface area contributed by atoms with Gasteiger partial charge in [-0.15, -0.1) is 0 Å². The number of ether oxygens (including phenoxy) is 2. The first-order chi connectivity index (χ1) is 16.5. The zero-order valence-electron chi connectivity index (χ0n) is 19.1.